The summed E-state index contributed by atoms with van der Waals surface area (Å²) in [6, 6.07) is 9.77. The van der Waals surface area contributed by atoms with E-state index in [1.807, 2.05) is 37.3 Å². The van der Waals surface area contributed by atoms with E-state index in [1.54, 1.807) is 0 Å². The molecule has 3 atom stereocenters. The lowest BCUT2D eigenvalue weighted by Gasteiger charge is -2.17. The fourth-order valence-electron chi connectivity index (χ4n) is 2.53. The summed E-state index contributed by atoms with van der Waals surface area (Å²) in [5, 5.41) is 12.7. The van der Waals surface area contributed by atoms with Crippen molar-refractivity contribution in [2.45, 2.75) is 38.2 Å². The largest absolute Gasteiger partial charge is 0.393 e. The molecular weight excluding hydrogens is 226 g/mol. The van der Waals surface area contributed by atoms with Crippen LogP contribution in [0.4, 0.5) is 0 Å². The fraction of sp³-hybridized carbons (Fsp3) is 0.533. The minimum atomic E-state index is -0.239. The number of nitrogens with one attached hydrogen (secondary N) is 1. The normalized spacial score (nSPS) is 24.8. The van der Waals surface area contributed by atoms with E-state index in [1.165, 1.54) is 0 Å². The van der Waals surface area contributed by atoms with Crippen molar-refractivity contribution in [3.63, 3.8) is 0 Å². The van der Waals surface area contributed by atoms with Gasteiger partial charge in [0.15, 0.2) is 0 Å². The Labute approximate surface area is 108 Å². The minimum absolute atomic E-state index is 0.0419. The monoisotopic (exact) mass is 247 g/mol. The van der Waals surface area contributed by atoms with E-state index in [2.05, 4.69) is 5.32 Å². The molecule has 0 spiro atoms. The second-order valence-electron chi connectivity index (χ2n) is 5.14. The van der Waals surface area contributed by atoms with E-state index in [4.69, 9.17) is 0 Å². The van der Waals surface area contributed by atoms with Gasteiger partial charge in [0.05, 0.1) is 12.0 Å². The number of amides is 1. The van der Waals surface area contributed by atoms with Crippen molar-refractivity contribution in [2.75, 3.05) is 6.54 Å². The Morgan fingerprint density at radius 2 is 2.11 bits per heavy atom. The number of aliphatic hydroxyl groups is 1. The highest BCUT2D eigenvalue weighted by Gasteiger charge is 2.26. The maximum atomic E-state index is 12.0. The molecule has 1 fully saturated rings. The molecule has 1 amide bonds. The molecule has 0 bridgehead atoms. The van der Waals surface area contributed by atoms with Crippen molar-refractivity contribution in [3.8, 4) is 0 Å². The van der Waals surface area contributed by atoms with Crippen LogP contribution in [0.3, 0.4) is 0 Å². The van der Waals surface area contributed by atoms with Gasteiger partial charge in [-0.05, 0) is 25.3 Å². The van der Waals surface area contributed by atoms with Gasteiger partial charge in [-0.25, -0.2) is 0 Å². The summed E-state index contributed by atoms with van der Waals surface area (Å²) in [4.78, 5) is 12.0. The van der Waals surface area contributed by atoms with Crippen LogP contribution < -0.4 is 5.32 Å². The molecule has 1 saturated carbocycles. The predicted octanol–water partition coefficient (Wildman–Crippen LogP) is 2.07. The van der Waals surface area contributed by atoms with Crippen molar-refractivity contribution in [1.29, 1.82) is 0 Å². The Kier molecular flexibility index (Phi) is 4.37. The summed E-state index contributed by atoms with van der Waals surface area (Å²) < 4.78 is 0. The molecule has 0 radical (unpaired) electrons. The van der Waals surface area contributed by atoms with Crippen LogP contribution in [0.1, 0.15) is 37.7 Å². The van der Waals surface area contributed by atoms with Crippen LogP contribution in [-0.2, 0) is 4.79 Å². The maximum Gasteiger partial charge on any atom is 0.227 e. The lowest BCUT2D eigenvalue weighted by atomic mass is 10.00. The Balaban J connectivity index is 1.84. The van der Waals surface area contributed by atoms with Gasteiger partial charge >= 0.3 is 0 Å². The van der Waals surface area contributed by atoms with E-state index in [-0.39, 0.29) is 23.8 Å². The van der Waals surface area contributed by atoms with Gasteiger partial charge in [0.2, 0.25) is 5.91 Å². The van der Waals surface area contributed by atoms with Crippen molar-refractivity contribution < 1.29 is 9.90 Å². The Morgan fingerprint density at radius 3 is 2.72 bits per heavy atom. The highest BCUT2D eigenvalue weighted by Crippen LogP contribution is 2.25. The zero-order valence-corrected chi connectivity index (χ0v) is 10.8. The minimum Gasteiger partial charge on any atom is -0.393 e. The van der Waals surface area contributed by atoms with Crippen LogP contribution in [0.5, 0.6) is 0 Å². The number of benzene rings is 1. The number of carbonyl (C=O) groups is 1. The molecule has 0 unspecified atom stereocenters. The molecule has 0 heterocycles. The molecule has 0 aliphatic heterocycles. The fourth-order valence-corrected chi connectivity index (χ4v) is 2.53. The number of rotatable bonds is 4. The third kappa shape index (κ3) is 3.10. The SMILES string of the molecule is C[C@H](C(=O)NC[C@H]1CCC[C@H]1O)c1ccccc1. The van der Waals surface area contributed by atoms with Crippen molar-refractivity contribution in [3.05, 3.63) is 35.9 Å². The van der Waals surface area contributed by atoms with Gasteiger partial charge in [0, 0.05) is 12.5 Å². The van der Waals surface area contributed by atoms with E-state index >= 15 is 0 Å². The van der Waals surface area contributed by atoms with E-state index < -0.39 is 0 Å². The highest BCUT2D eigenvalue weighted by atomic mass is 16.3. The molecule has 3 nitrogen and oxygen atoms in total. The first-order valence-corrected chi connectivity index (χ1v) is 6.69. The first-order chi connectivity index (χ1) is 8.68. The zero-order chi connectivity index (χ0) is 13.0. The van der Waals surface area contributed by atoms with Gasteiger partial charge in [-0.2, -0.15) is 0 Å². The summed E-state index contributed by atoms with van der Waals surface area (Å²) in [6.07, 6.45) is 2.71. The van der Waals surface area contributed by atoms with Crippen LogP contribution in [0.2, 0.25) is 0 Å². The molecule has 1 aliphatic rings. The lowest BCUT2D eigenvalue weighted by molar-refractivity contribution is -0.122. The average Bonchev–Trinajstić information content (AvgIpc) is 2.81. The van der Waals surface area contributed by atoms with Crippen LogP contribution in [0.15, 0.2) is 30.3 Å². The van der Waals surface area contributed by atoms with Crippen molar-refractivity contribution in [1.82, 2.24) is 5.32 Å². The third-order valence-corrected chi connectivity index (χ3v) is 3.85. The van der Waals surface area contributed by atoms with Crippen LogP contribution >= 0.6 is 0 Å². The van der Waals surface area contributed by atoms with Crippen molar-refractivity contribution >= 4 is 5.91 Å². The summed E-state index contributed by atoms with van der Waals surface area (Å²) >= 11 is 0. The molecule has 2 rings (SSSR count). The molecule has 3 heteroatoms. The molecule has 0 aromatic heterocycles. The van der Waals surface area contributed by atoms with Crippen LogP contribution in [0.25, 0.3) is 0 Å². The standard InChI is InChI=1S/C15H21NO2/c1-11(12-6-3-2-4-7-12)15(18)16-10-13-8-5-9-14(13)17/h2-4,6-7,11,13-14,17H,5,8-10H2,1H3,(H,16,18)/t11-,13+,14+/m0/s1. The number of carbonyl (C=O) groups excluding carboxylic acids is 1. The van der Waals surface area contributed by atoms with Gasteiger partial charge in [-0.1, -0.05) is 36.8 Å². The number of aliphatic hydroxyl groups excluding tert-OH is 1. The molecule has 1 aliphatic carbocycles. The summed E-state index contributed by atoms with van der Waals surface area (Å²) in [5.41, 5.74) is 1.03. The Hall–Kier alpha value is -1.35. The van der Waals surface area contributed by atoms with E-state index in [0.717, 1.165) is 24.8 Å². The highest BCUT2D eigenvalue weighted by molar-refractivity contribution is 5.83. The maximum absolute atomic E-state index is 12.0. The van der Waals surface area contributed by atoms with Gasteiger partial charge < -0.3 is 10.4 Å². The molecule has 1 aromatic carbocycles. The summed E-state index contributed by atoms with van der Waals surface area (Å²) in [6.45, 7) is 2.51. The number of hydrogen-bond acceptors (Lipinski definition) is 2. The van der Waals surface area contributed by atoms with Gasteiger partial charge in [-0.15, -0.1) is 0 Å². The summed E-state index contributed by atoms with van der Waals surface area (Å²) in [5.74, 6) is 0.141. The van der Waals surface area contributed by atoms with E-state index in [0.29, 0.717) is 6.54 Å². The zero-order valence-electron chi connectivity index (χ0n) is 10.8. The second-order valence-corrected chi connectivity index (χ2v) is 5.14. The number of hydrogen-bond donors (Lipinski definition) is 2. The van der Waals surface area contributed by atoms with Gasteiger partial charge in [-0.3, -0.25) is 4.79 Å². The second kappa shape index (κ2) is 6.01. The molecular formula is C15H21NO2. The molecule has 0 saturated heterocycles. The van der Waals surface area contributed by atoms with Crippen molar-refractivity contribution in [2.24, 2.45) is 5.92 Å². The molecule has 98 valence electrons. The first-order valence-electron chi connectivity index (χ1n) is 6.69. The average molecular weight is 247 g/mol. The Bertz CT molecular complexity index is 391. The molecule has 18 heavy (non-hydrogen) atoms. The van der Waals surface area contributed by atoms with Gasteiger partial charge in [0.25, 0.3) is 0 Å². The quantitative estimate of drug-likeness (QED) is 0.855. The first kappa shape index (κ1) is 13.1. The van der Waals surface area contributed by atoms with Gasteiger partial charge in [0.1, 0.15) is 0 Å². The van der Waals surface area contributed by atoms with Crippen LogP contribution in [-0.4, -0.2) is 23.7 Å². The lowest BCUT2D eigenvalue weighted by Crippen LogP contribution is -2.34. The summed E-state index contributed by atoms with van der Waals surface area (Å²) in [7, 11) is 0. The van der Waals surface area contributed by atoms with Crippen LogP contribution in [0, 0.1) is 5.92 Å². The molecule has 2 N–H and O–H groups in total. The third-order valence-electron chi connectivity index (χ3n) is 3.85. The predicted molar refractivity (Wildman–Crippen MR) is 71.2 cm³/mol. The topological polar surface area (TPSA) is 49.3 Å². The van der Waals surface area contributed by atoms with E-state index in [9.17, 15) is 9.90 Å². The molecule has 1 aromatic rings. The smallest absolute Gasteiger partial charge is 0.227 e. The Morgan fingerprint density at radius 1 is 1.39 bits per heavy atom.